The van der Waals surface area contributed by atoms with Crippen molar-refractivity contribution in [1.29, 1.82) is 0 Å². The summed E-state index contributed by atoms with van der Waals surface area (Å²) in [6.45, 7) is 2.36. The van der Waals surface area contributed by atoms with E-state index in [1.807, 2.05) is 0 Å². The van der Waals surface area contributed by atoms with Crippen LogP contribution in [0, 0.1) is 41.4 Å². The van der Waals surface area contributed by atoms with Crippen molar-refractivity contribution in [3.05, 3.63) is 0 Å². The zero-order chi connectivity index (χ0) is 20.5. The number of halogens is 3. The van der Waals surface area contributed by atoms with Crippen molar-refractivity contribution in [2.75, 3.05) is 0 Å². The van der Waals surface area contributed by atoms with E-state index < -0.39 is 24.6 Å². The standard InChI is InChI=1S/C25H41F3O/c1-15-2-4-16(5-3-15)17-6-8-18(9-7-17)20-11-12-21(25(28)24(20)27)19-10-13-23(29)22(26)14-19/h15-25,29H,2-14H2,1H3. The summed E-state index contributed by atoms with van der Waals surface area (Å²) >= 11 is 0. The third kappa shape index (κ3) is 4.83. The fourth-order valence-corrected chi connectivity index (χ4v) is 7.49. The monoisotopic (exact) mass is 414 g/mol. The van der Waals surface area contributed by atoms with E-state index in [4.69, 9.17) is 0 Å². The highest BCUT2D eigenvalue weighted by molar-refractivity contribution is 4.96. The summed E-state index contributed by atoms with van der Waals surface area (Å²) in [4.78, 5) is 0. The highest BCUT2D eigenvalue weighted by Crippen LogP contribution is 2.49. The Hall–Kier alpha value is -0.250. The van der Waals surface area contributed by atoms with Crippen molar-refractivity contribution < 1.29 is 18.3 Å². The van der Waals surface area contributed by atoms with Crippen LogP contribution in [-0.4, -0.2) is 29.7 Å². The first-order chi connectivity index (χ1) is 13.9. The van der Waals surface area contributed by atoms with E-state index >= 15 is 8.78 Å². The fourth-order valence-electron chi connectivity index (χ4n) is 7.49. The van der Waals surface area contributed by atoms with Crippen molar-refractivity contribution in [3.8, 4) is 0 Å². The number of rotatable bonds is 3. The van der Waals surface area contributed by atoms with Crippen molar-refractivity contribution in [2.45, 2.75) is 115 Å². The highest BCUT2D eigenvalue weighted by atomic mass is 19.2. The van der Waals surface area contributed by atoms with Crippen LogP contribution in [0.1, 0.15) is 90.4 Å². The van der Waals surface area contributed by atoms with E-state index in [-0.39, 0.29) is 24.2 Å². The van der Waals surface area contributed by atoms with Crippen molar-refractivity contribution in [2.24, 2.45) is 41.4 Å². The molecule has 4 saturated carbocycles. The number of aliphatic hydroxyl groups excluding tert-OH is 1. The van der Waals surface area contributed by atoms with Gasteiger partial charge < -0.3 is 5.11 Å². The second-order valence-electron chi connectivity index (χ2n) is 11.1. The van der Waals surface area contributed by atoms with Crippen LogP contribution in [0.2, 0.25) is 0 Å². The normalized spacial score (nSPS) is 52.2. The summed E-state index contributed by atoms with van der Waals surface area (Å²) in [5, 5.41) is 9.61. The van der Waals surface area contributed by atoms with E-state index in [1.54, 1.807) is 0 Å². The van der Waals surface area contributed by atoms with E-state index in [0.717, 1.165) is 37.0 Å². The predicted molar refractivity (Wildman–Crippen MR) is 111 cm³/mol. The highest BCUT2D eigenvalue weighted by Gasteiger charge is 2.48. The first-order valence-corrected chi connectivity index (χ1v) is 12.5. The maximum Gasteiger partial charge on any atom is 0.134 e. The Balaban J connectivity index is 1.28. The molecule has 4 heteroatoms. The summed E-state index contributed by atoms with van der Waals surface area (Å²) < 4.78 is 44.2. The van der Waals surface area contributed by atoms with E-state index in [0.29, 0.717) is 25.2 Å². The van der Waals surface area contributed by atoms with Crippen molar-refractivity contribution in [3.63, 3.8) is 0 Å². The molecule has 0 aromatic rings. The van der Waals surface area contributed by atoms with E-state index in [9.17, 15) is 9.50 Å². The summed E-state index contributed by atoms with van der Waals surface area (Å²) in [6, 6.07) is 0. The second kappa shape index (κ2) is 9.49. The smallest absolute Gasteiger partial charge is 0.134 e. The Labute approximate surface area is 175 Å². The molecule has 4 rings (SSSR count). The van der Waals surface area contributed by atoms with Gasteiger partial charge in [0.1, 0.15) is 18.5 Å². The average molecular weight is 415 g/mol. The van der Waals surface area contributed by atoms with Gasteiger partial charge in [0.15, 0.2) is 0 Å². The lowest BCUT2D eigenvalue weighted by Gasteiger charge is -2.45. The molecule has 0 aromatic carbocycles. The van der Waals surface area contributed by atoms with Gasteiger partial charge in [0, 0.05) is 0 Å². The van der Waals surface area contributed by atoms with Gasteiger partial charge in [-0.3, -0.25) is 0 Å². The third-order valence-corrected chi connectivity index (χ3v) is 9.49. The minimum atomic E-state index is -1.45. The first kappa shape index (κ1) is 22.0. The molecule has 0 spiro atoms. The molecule has 168 valence electrons. The molecule has 4 fully saturated rings. The van der Waals surface area contributed by atoms with Crippen molar-refractivity contribution in [1.82, 2.24) is 0 Å². The maximum absolute atomic E-state index is 15.2. The lowest BCUT2D eigenvalue weighted by Crippen LogP contribution is -2.46. The van der Waals surface area contributed by atoms with Crippen LogP contribution in [0.5, 0.6) is 0 Å². The third-order valence-electron chi connectivity index (χ3n) is 9.49. The average Bonchev–Trinajstić information content (AvgIpc) is 2.73. The van der Waals surface area contributed by atoms with Crippen molar-refractivity contribution >= 4 is 0 Å². The minimum Gasteiger partial charge on any atom is -0.390 e. The Morgan fingerprint density at radius 1 is 0.552 bits per heavy atom. The number of alkyl halides is 3. The van der Waals surface area contributed by atoms with Crippen LogP contribution in [0.25, 0.3) is 0 Å². The first-order valence-electron chi connectivity index (χ1n) is 12.5. The Kier molecular flexibility index (Phi) is 7.18. The molecule has 0 radical (unpaired) electrons. The van der Waals surface area contributed by atoms with Gasteiger partial charge in [-0.1, -0.05) is 19.8 Å². The van der Waals surface area contributed by atoms with Crippen LogP contribution in [0.15, 0.2) is 0 Å². The molecule has 0 saturated heterocycles. The van der Waals surface area contributed by atoms with Gasteiger partial charge >= 0.3 is 0 Å². The number of hydrogen-bond acceptors (Lipinski definition) is 1. The minimum absolute atomic E-state index is 0.105. The molecule has 1 N–H and O–H groups in total. The maximum atomic E-state index is 15.2. The Morgan fingerprint density at radius 2 is 1.00 bits per heavy atom. The zero-order valence-electron chi connectivity index (χ0n) is 18.1. The summed E-state index contributed by atoms with van der Waals surface area (Å²) in [6.07, 6.45) is 7.69. The van der Waals surface area contributed by atoms with Crippen LogP contribution < -0.4 is 0 Å². The molecular weight excluding hydrogens is 373 g/mol. The molecule has 0 aromatic heterocycles. The van der Waals surface area contributed by atoms with Gasteiger partial charge in [-0.05, 0) is 112 Å². The van der Waals surface area contributed by atoms with E-state index in [2.05, 4.69) is 6.92 Å². The van der Waals surface area contributed by atoms with Gasteiger partial charge in [-0.15, -0.1) is 0 Å². The van der Waals surface area contributed by atoms with Gasteiger partial charge in [0.25, 0.3) is 0 Å². The van der Waals surface area contributed by atoms with Gasteiger partial charge in [-0.25, -0.2) is 13.2 Å². The second-order valence-corrected chi connectivity index (χ2v) is 11.1. The van der Waals surface area contributed by atoms with Crippen LogP contribution in [0.3, 0.4) is 0 Å². The molecule has 4 aliphatic rings. The molecule has 0 bridgehead atoms. The molecule has 0 heterocycles. The van der Waals surface area contributed by atoms with Crippen LogP contribution >= 0.6 is 0 Å². The SMILES string of the molecule is CC1CCC(C2CCC(C3CCC(C4CCC(O)C(F)C4)C(F)C3F)CC2)CC1. The molecule has 29 heavy (non-hydrogen) atoms. The lowest BCUT2D eigenvalue weighted by atomic mass is 9.62. The van der Waals surface area contributed by atoms with Crippen LogP contribution in [0.4, 0.5) is 13.2 Å². The molecular formula is C25H41F3O. The van der Waals surface area contributed by atoms with Gasteiger partial charge in [-0.2, -0.15) is 0 Å². The van der Waals surface area contributed by atoms with Gasteiger partial charge in [0.05, 0.1) is 6.10 Å². The Morgan fingerprint density at radius 3 is 1.55 bits per heavy atom. The quantitative estimate of drug-likeness (QED) is 0.537. The molecule has 1 nitrogen and oxygen atoms in total. The topological polar surface area (TPSA) is 20.2 Å². The van der Waals surface area contributed by atoms with Gasteiger partial charge in [0.2, 0.25) is 0 Å². The van der Waals surface area contributed by atoms with Crippen LogP contribution in [-0.2, 0) is 0 Å². The number of hydrogen-bond donors (Lipinski definition) is 1. The molecule has 7 atom stereocenters. The lowest BCUT2D eigenvalue weighted by molar-refractivity contribution is -0.0561. The fraction of sp³-hybridized carbons (Fsp3) is 1.00. The Bertz CT molecular complexity index is 512. The molecule has 4 aliphatic carbocycles. The summed E-state index contributed by atoms with van der Waals surface area (Å²) in [5.41, 5.74) is 0. The summed E-state index contributed by atoms with van der Waals surface area (Å²) in [7, 11) is 0. The zero-order valence-corrected chi connectivity index (χ0v) is 18.1. The molecule has 0 aliphatic heterocycles. The molecule has 7 unspecified atom stereocenters. The van der Waals surface area contributed by atoms with E-state index in [1.165, 1.54) is 38.5 Å². The summed E-state index contributed by atoms with van der Waals surface area (Å²) in [5.74, 6) is 2.30. The number of aliphatic hydroxyl groups is 1. The predicted octanol–water partition coefficient (Wildman–Crippen LogP) is 6.82. The largest absolute Gasteiger partial charge is 0.390 e. The molecule has 0 amide bonds.